The summed E-state index contributed by atoms with van der Waals surface area (Å²) in [4.78, 5) is 28.0. The summed E-state index contributed by atoms with van der Waals surface area (Å²) in [6, 6.07) is 1.42. The Balaban J connectivity index is 1.82. The highest BCUT2D eigenvalue weighted by Crippen LogP contribution is 2.20. The number of aromatic nitrogens is 2. The van der Waals surface area contributed by atoms with Crippen molar-refractivity contribution in [3.05, 3.63) is 17.5 Å². The summed E-state index contributed by atoms with van der Waals surface area (Å²) in [7, 11) is -0.963. The zero-order valence-electron chi connectivity index (χ0n) is 15.7. The Bertz CT molecular complexity index is 775. The van der Waals surface area contributed by atoms with E-state index in [1.54, 1.807) is 11.0 Å². The van der Waals surface area contributed by atoms with Gasteiger partial charge in [0.1, 0.15) is 5.69 Å². The number of hydrogen-bond donors (Lipinski definition) is 0. The average molecular weight is 382 g/mol. The van der Waals surface area contributed by atoms with Crippen molar-refractivity contribution in [1.82, 2.24) is 19.8 Å². The summed E-state index contributed by atoms with van der Waals surface area (Å²) in [5.41, 5.74) is 1.09. The molecule has 1 amide bonds. The average Bonchev–Trinajstić information content (AvgIpc) is 2.95. The monoisotopic (exact) mass is 381 g/mol. The van der Waals surface area contributed by atoms with E-state index >= 15 is 0 Å². The smallest absolute Gasteiger partial charge is 0.272 e. The number of aryl methyl sites for hydroxylation is 1. The quantitative estimate of drug-likeness (QED) is 0.736. The number of nitrogens with zero attached hydrogens (tertiary/aromatic N) is 5. The molecule has 0 saturated carbocycles. The summed E-state index contributed by atoms with van der Waals surface area (Å²) < 4.78 is 23.6. The molecule has 0 N–H and O–H groups in total. The van der Waals surface area contributed by atoms with Gasteiger partial charge in [0.15, 0.2) is 9.84 Å². The molecule has 8 nitrogen and oxygen atoms in total. The number of sulfone groups is 1. The summed E-state index contributed by atoms with van der Waals surface area (Å²) >= 11 is 0. The molecule has 0 aliphatic carbocycles. The zero-order chi connectivity index (χ0) is 18.9. The van der Waals surface area contributed by atoms with Crippen LogP contribution in [0.15, 0.2) is 6.07 Å². The van der Waals surface area contributed by atoms with Crippen molar-refractivity contribution in [3.8, 4) is 0 Å². The lowest BCUT2D eigenvalue weighted by Crippen LogP contribution is -2.45. The van der Waals surface area contributed by atoms with Crippen LogP contribution in [0.3, 0.4) is 0 Å². The lowest BCUT2D eigenvalue weighted by molar-refractivity contribution is 0.0702. The number of amides is 1. The predicted molar refractivity (Wildman–Crippen MR) is 100 cm³/mol. The molecule has 3 heterocycles. The van der Waals surface area contributed by atoms with E-state index in [-0.39, 0.29) is 23.5 Å². The van der Waals surface area contributed by atoms with E-state index in [2.05, 4.69) is 26.8 Å². The van der Waals surface area contributed by atoms with Gasteiger partial charge in [-0.3, -0.25) is 4.79 Å². The van der Waals surface area contributed by atoms with Crippen molar-refractivity contribution in [2.75, 3.05) is 56.2 Å². The molecule has 9 heteroatoms. The number of carbonyl (C=O) groups is 1. The van der Waals surface area contributed by atoms with E-state index in [1.165, 1.54) is 0 Å². The molecular weight excluding hydrogens is 354 g/mol. The molecule has 2 aliphatic heterocycles. The van der Waals surface area contributed by atoms with Gasteiger partial charge in [0.2, 0.25) is 5.95 Å². The maximum atomic E-state index is 13.0. The van der Waals surface area contributed by atoms with Crippen molar-refractivity contribution >= 4 is 21.7 Å². The first kappa shape index (κ1) is 19.0. The highest BCUT2D eigenvalue weighted by atomic mass is 32.2. The Morgan fingerprint density at radius 2 is 1.96 bits per heavy atom. The van der Waals surface area contributed by atoms with E-state index in [9.17, 15) is 13.2 Å². The zero-order valence-corrected chi connectivity index (χ0v) is 16.5. The van der Waals surface area contributed by atoms with Crippen LogP contribution >= 0.6 is 0 Å². The molecule has 1 aromatic heterocycles. The summed E-state index contributed by atoms with van der Waals surface area (Å²) in [6.45, 7) is 7.71. The minimum atomic E-state index is -3.04. The Kier molecular flexibility index (Phi) is 5.47. The lowest BCUT2D eigenvalue weighted by atomic mass is 10.2. The Morgan fingerprint density at radius 3 is 2.54 bits per heavy atom. The second-order valence-corrected chi connectivity index (χ2v) is 9.36. The number of carbonyl (C=O) groups excluding carboxylic acids is 1. The fourth-order valence-electron chi connectivity index (χ4n) is 3.55. The van der Waals surface area contributed by atoms with Gasteiger partial charge in [-0.1, -0.05) is 0 Å². The van der Waals surface area contributed by atoms with Gasteiger partial charge in [-0.15, -0.1) is 0 Å². The maximum Gasteiger partial charge on any atom is 0.272 e. The molecule has 1 aromatic rings. The van der Waals surface area contributed by atoms with Crippen molar-refractivity contribution in [2.24, 2.45) is 0 Å². The predicted octanol–water partition coefficient (Wildman–Crippen LogP) is 0.186. The second kappa shape index (κ2) is 7.48. The molecule has 0 aromatic carbocycles. The minimum Gasteiger partial charge on any atom is -0.338 e. The summed E-state index contributed by atoms with van der Waals surface area (Å²) in [5, 5.41) is 0. The lowest BCUT2D eigenvalue weighted by Gasteiger charge is -2.33. The van der Waals surface area contributed by atoms with E-state index < -0.39 is 9.84 Å². The van der Waals surface area contributed by atoms with Crippen LogP contribution in [0, 0.1) is 6.92 Å². The first-order valence-electron chi connectivity index (χ1n) is 9.09. The fourth-order valence-corrected chi connectivity index (χ4v) is 5.28. The summed E-state index contributed by atoms with van der Waals surface area (Å²) in [6.07, 6.45) is 0.497. The van der Waals surface area contributed by atoms with Gasteiger partial charge < -0.3 is 14.7 Å². The van der Waals surface area contributed by atoms with E-state index in [4.69, 9.17) is 0 Å². The standard InChI is InChI=1S/C17H27N5O3S/c1-4-22(14-5-10-26(24,25)12-14)16(23)15-11-13(2)18-17(19-15)21-8-6-20(3)7-9-21/h11,14H,4-10,12H2,1-3H3. The van der Waals surface area contributed by atoms with Crippen LogP contribution in [-0.4, -0.2) is 91.4 Å². The highest BCUT2D eigenvalue weighted by molar-refractivity contribution is 7.91. The first-order valence-corrected chi connectivity index (χ1v) is 10.9. The Labute approximate surface area is 155 Å². The van der Waals surface area contributed by atoms with Crippen molar-refractivity contribution in [3.63, 3.8) is 0 Å². The SMILES string of the molecule is CCN(C(=O)c1cc(C)nc(N2CCN(C)CC2)n1)C1CCS(=O)(=O)C1. The van der Waals surface area contributed by atoms with Crippen LogP contribution in [0.5, 0.6) is 0 Å². The van der Waals surface area contributed by atoms with Gasteiger partial charge in [-0.2, -0.15) is 0 Å². The molecule has 144 valence electrons. The molecule has 1 unspecified atom stereocenters. The fraction of sp³-hybridized carbons (Fsp3) is 0.706. The molecule has 1 atom stereocenters. The van der Waals surface area contributed by atoms with E-state index in [0.29, 0.717) is 24.6 Å². The molecule has 2 fully saturated rings. The van der Waals surface area contributed by atoms with Crippen molar-refractivity contribution < 1.29 is 13.2 Å². The van der Waals surface area contributed by atoms with E-state index in [1.807, 2.05) is 13.8 Å². The number of likely N-dealkylation sites (N-methyl/N-ethyl adjacent to an activating group) is 1. The van der Waals surface area contributed by atoms with Crippen LogP contribution in [0.1, 0.15) is 29.5 Å². The first-order chi connectivity index (χ1) is 12.3. The number of hydrogen-bond acceptors (Lipinski definition) is 7. The number of rotatable bonds is 4. The van der Waals surface area contributed by atoms with Crippen LogP contribution < -0.4 is 4.90 Å². The molecular formula is C17H27N5O3S. The van der Waals surface area contributed by atoms with Crippen LogP contribution in [0.25, 0.3) is 0 Å². The van der Waals surface area contributed by atoms with Gasteiger partial charge in [-0.05, 0) is 33.4 Å². The minimum absolute atomic E-state index is 0.0436. The molecule has 0 bridgehead atoms. The van der Waals surface area contributed by atoms with Crippen LogP contribution in [-0.2, 0) is 9.84 Å². The highest BCUT2D eigenvalue weighted by Gasteiger charge is 2.35. The molecule has 3 rings (SSSR count). The normalized spacial score (nSPS) is 23.2. The van der Waals surface area contributed by atoms with Crippen molar-refractivity contribution in [1.29, 1.82) is 0 Å². The third kappa shape index (κ3) is 4.15. The Hall–Kier alpha value is -1.74. The Morgan fingerprint density at radius 1 is 1.27 bits per heavy atom. The number of piperazine rings is 1. The van der Waals surface area contributed by atoms with Gasteiger partial charge in [0.25, 0.3) is 5.91 Å². The second-order valence-electron chi connectivity index (χ2n) is 7.13. The van der Waals surface area contributed by atoms with Gasteiger partial charge >= 0.3 is 0 Å². The van der Waals surface area contributed by atoms with Gasteiger partial charge in [0.05, 0.1) is 11.5 Å². The number of anilines is 1. The largest absolute Gasteiger partial charge is 0.338 e. The topological polar surface area (TPSA) is 86.7 Å². The molecule has 0 spiro atoms. The molecule has 0 radical (unpaired) electrons. The third-order valence-electron chi connectivity index (χ3n) is 5.10. The van der Waals surface area contributed by atoms with Crippen LogP contribution in [0.2, 0.25) is 0 Å². The summed E-state index contributed by atoms with van der Waals surface area (Å²) in [5.74, 6) is 0.561. The van der Waals surface area contributed by atoms with Crippen LogP contribution in [0.4, 0.5) is 5.95 Å². The third-order valence-corrected chi connectivity index (χ3v) is 6.85. The molecule has 26 heavy (non-hydrogen) atoms. The van der Waals surface area contributed by atoms with Crippen molar-refractivity contribution in [2.45, 2.75) is 26.3 Å². The molecule has 2 aliphatic rings. The van der Waals surface area contributed by atoms with E-state index in [0.717, 1.165) is 31.9 Å². The maximum absolute atomic E-state index is 13.0. The van der Waals surface area contributed by atoms with Gasteiger partial charge in [-0.25, -0.2) is 18.4 Å². The molecule has 2 saturated heterocycles. The van der Waals surface area contributed by atoms with Gasteiger partial charge in [0, 0.05) is 44.5 Å².